The van der Waals surface area contributed by atoms with Crippen LogP contribution in [0.25, 0.3) is 91.9 Å². The largest absolute Gasteiger partial charge is 0.456 e. The van der Waals surface area contributed by atoms with Crippen molar-refractivity contribution < 1.29 is 4.42 Å². The van der Waals surface area contributed by atoms with Crippen molar-refractivity contribution in [1.82, 2.24) is 4.57 Å². The molecule has 1 radical (unpaired) electrons. The number of aromatic nitrogens is 1. The zero-order valence-corrected chi connectivity index (χ0v) is 41.3. The highest BCUT2D eigenvalue weighted by atomic mass is 32.1. The molecule has 3 aromatic heterocycles. The van der Waals surface area contributed by atoms with E-state index in [9.17, 15) is 0 Å². The van der Waals surface area contributed by atoms with Crippen LogP contribution in [-0.4, -0.2) is 11.8 Å². The first-order valence-electron chi connectivity index (χ1n) is 24.5. The molecular formula is C63H54BN2OS. The third kappa shape index (κ3) is 5.54. The number of thiophene rings is 1. The minimum Gasteiger partial charge on any atom is -0.456 e. The first-order chi connectivity index (χ1) is 32.5. The quantitative estimate of drug-likeness (QED) is 0.179. The molecule has 2 aliphatic carbocycles. The Balaban J connectivity index is 1.06. The minimum absolute atomic E-state index is 0.0575. The molecule has 0 saturated carbocycles. The molecule has 0 spiro atoms. The van der Waals surface area contributed by atoms with Crippen LogP contribution in [0, 0.1) is 0 Å². The van der Waals surface area contributed by atoms with Crippen LogP contribution in [0.4, 0.5) is 11.4 Å². The fraction of sp³-hybridized carbons (Fsp3) is 0.238. The van der Waals surface area contributed by atoms with Crippen molar-refractivity contribution in [3.63, 3.8) is 0 Å². The van der Waals surface area contributed by atoms with E-state index in [1.807, 2.05) is 11.3 Å². The van der Waals surface area contributed by atoms with Crippen molar-refractivity contribution in [2.45, 2.75) is 96.8 Å². The molecule has 0 unspecified atom stereocenters. The molecule has 68 heavy (non-hydrogen) atoms. The van der Waals surface area contributed by atoms with Gasteiger partial charge in [0, 0.05) is 75.7 Å². The van der Waals surface area contributed by atoms with E-state index in [1.165, 1.54) is 108 Å². The summed E-state index contributed by atoms with van der Waals surface area (Å²) in [5.74, 6) is 0. The van der Waals surface area contributed by atoms with Gasteiger partial charge in [0.25, 0.3) is 0 Å². The van der Waals surface area contributed by atoms with Crippen molar-refractivity contribution in [1.29, 1.82) is 0 Å². The fourth-order valence-corrected chi connectivity index (χ4v) is 13.7. The van der Waals surface area contributed by atoms with E-state index in [4.69, 9.17) is 4.42 Å². The van der Waals surface area contributed by atoms with Gasteiger partial charge in [-0.05, 0) is 134 Å². The second-order valence-electron chi connectivity index (χ2n) is 23.1. The molecule has 0 saturated heterocycles. The van der Waals surface area contributed by atoms with Crippen molar-refractivity contribution in [2.75, 3.05) is 5.32 Å². The van der Waals surface area contributed by atoms with E-state index in [2.05, 4.69) is 213 Å². The van der Waals surface area contributed by atoms with Crippen molar-refractivity contribution >= 4 is 105 Å². The standard InChI is InChI=1S/C63H54BN2OS/c1-60(2,3)34-18-20-35(21-19-34)65-51-32-55-43(44-28-48-49(31-54(44)67-55)62(6,7)25-24-61(48,4)5)26-41(51)38-22-23-39-42-27-45-37-15-11-13-17-56(37)68-57(45)33-52(42)66-53-30-47-40(29-50(53)64-58(38)59(39)66)36-14-10-12-16-46(36)63(47,8)9/h10-23,26-33,65H,24-25H2,1-9H3. The van der Waals surface area contributed by atoms with E-state index in [1.54, 1.807) is 0 Å². The van der Waals surface area contributed by atoms with Gasteiger partial charge in [-0.1, -0.05) is 141 Å². The third-order valence-electron chi connectivity index (χ3n) is 16.6. The van der Waals surface area contributed by atoms with Gasteiger partial charge >= 0.3 is 0 Å². The number of anilines is 2. The van der Waals surface area contributed by atoms with Gasteiger partial charge in [0.15, 0.2) is 7.28 Å². The van der Waals surface area contributed by atoms with Crippen LogP contribution in [0.15, 0.2) is 138 Å². The Hall–Kier alpha value is -6.56. The van der Waals surface area contributed by atoms with E-state index in [0.717, 1.165) is 46.3 Å². The Bertz CT molecular complexity index is 4030. The molecule has 11 aromatic rings. The molecule has 5 heteroatoms. The molecule has 3 nitrogen and oxygen atoms in total. The fourth-order valence-electron chi connectivity index (χ4n) is 12.6. The lowest BCUT2D eigenvalue weighted by molar-refractivity contribution is 0.332. The lowest BCUT2D eigenvalue weighted by Crippen LogP contribution is -2.37. The lowest BCUT2D eigenvalue weighted by Gasteiger charge is -2.41. The molecule has 0 atom stereocenters. The number of rotatable bonds is 3. The van der Waals surface area contributed by atoms with Crippen LogP contribution in [0.2, 0.25) is 0 Å². The second kappa shape index (κ2) is 13.4. The SMILES string of the molecule is CC(C)(C)c1ccc(Nc2cc3oc4cc5c(cc4c3cc2-c2ccc3c4cc6c(cc4n4c3c2[B]c2cc3c(cc2-4)C(C)(C)c2ccccc2-3)sc2ccccc26)C(C)(C)CCC5(C)C)cc1. The predicted molar refractivity (Wildman–Crippen MR) is 293 cm³/mol. The van der Waals surface area contributed by atoms with Crippen LogP contribution >= 0.6 is 11.3 Å². The van der Waals surface area contributed by atoms with Gasteiger partial charge in [0.1, 0.15) is 11.2 Å². The average Bonchev–Trinajstić information content (AvgIpc) is 4.02. The Morgan fingerprint density at radius 3 is 2.07 bits per heavy atom. The molecule has 14 rings (SSSR count). The smallest absolute Gasteiger partial charge is 0.197 e. The van der Waals surface area contributed by atoms with Crippen LogP contribution in [0.1, 0.15) is 103 Å². The van der Waals surface area contributed by atoms with Crippen molar-refractivity contribution in [2.24, 2.45) is 0 Å². The number of nitrogens with zero attached hydrogens (tertiary/aromatic N) is 1. The van der Waals surface area contributed by atoms with Crippen LogP contribution in [0.3, 0.4) is 0 Å². The molecule has 0 bridgehead atoms. The maximum Gasteiger partial charge on any atom is 0.197 e. The van der Waals surface area contributed by atoms with Crippen molar-refractivity contribution in [3.05, 3.63) is 161 Å². The number of fused-ring (bicyclic) bond motifs is 15. The minimum atomic E-state index is -0.122. The van der Waals surface area contributed by atoms with Crippen LogP contribution in [-0.2, 0) is 21.7 Å². The summed E-state index contributed by atoms with van der Waals surface area (Å²) in [6.07, 6.45) is 2.32. The number of nitrogens with one attached hydrogen (secondary N) is 1. The highest BCUT2D eigenvalue weighted by Gasteiger charge is 2.40. The summed E-state index contributed by atoms with van der Waals surface area (Å²) in [4.78, 5) is 0. The number of hydrogen-bond donors (Lipinski definition) is 1. The summed E-state index contributed by atoms with van der Waals surface area (Å²) in [6, 6.07) is 51.2. The zero-order chi connectivity index (χ0) is 46.4. The topological polar surface area (TPSA) is 30.1 Å². The van der Waals surface area contributed by atoms with Gasteiger partial charge in [0.2, 0.25) is 0 Å². The van der Waals surface area contributed by atoms with E-state index < -0.39 is 0 Å². The molecule has 3 aliphatic rings. The van der Waals surface area contributed by atoms with Crippen LogP contribution < -0.4 is 16.2 Å². The van der Waals surface area contributed by atoms with Crippen LogP contribution in [0.5, 0.6) is 0 Å². The van der Waals surface area contributed by atoms with E-state index in [-0.39, 0.29) is 21.7 Å². The summed E-state index contributed by atoms with van der Waals surface area (Å²) >= 11 is 1.90. The summed E-state index contributed by atoms with van der Waals surface area (Å²) in [5, 5.41) is 11.5. The van der Waals surface area contributed by atoms with Gasteiger partial charge in [-0.3, -0.25) is 0 Å². The Morgan fingerprint density at radius 2 is 1.28 bits per heavy atom. The summed E-state index contributed by atoms with van der Waals surface area (Å²) in [6.45, 7) is 21.2. The summed E-state index contributed by atoms with van der Waals surface area (Å²) in [7, 11) is 2.50. The first-order valence-corrected chi connectivity index (χ1v) is 25.3. The van der Waals surface area contributed by atoms with Gasteiger partial charge in [-0.25, -0.2) is 0 Å². The molecule has 0 fully saturated rings. The first kappa shape index (κ1) is 40.5. The number of furan rings is 1. The zero-order valence-electron chi connectivity index (χ0n) is 40.5. The Morgan fingerprint density at radius 1 is 0.559 bits per heavy atom. The lowest BCUT2D eigenvalue weighted by atomic mass is 9.58. The normalized spacial score (nSPS) is 16.4. The maximum absolute atomic E-state index is 6.95. The van der Waals surface area contributed by atoms with Gasteiger partial charge in [-0.15, -0.1) is 11.3 Å². The monoisotopic (exact) mass is 897 g/mol. The second-order valence-corrected chi connectivity index (χ2v) is 24.2. The molecule has 0 amide bonds. The molecule has 4 heterocycles. The Kier molecular flexibility index (Phi) is 7.96. The number of benzene rings is 8. The Labute approximate surface area is 403 Å². The van der Waals surface area contributed by atoms with Gasteiger partial charge in [-0.2, -0.15) is 0 Å². The van der Waals surface area contributed by atoms with E-state index in [0.29, 0.717) is 0 Å². The molecule has 8 aromatic carbocycles. The third-order valence-corrected chi connectivity index (χ3v) is 17.8. The van der Waals surface area contributed by atoms with E-state index >= 15 is 0 Å². The van der Waals surface area contributed by atoms with Gasteiger partial charge < -0.3 is 14.3 Å². The van der Waals surface area contributed by atoms with Gasteiger partial charge in [0.05, 0.1) is 11.2 Å². The van der Waals surface area contributed by atoms with Crippen molar-refractivity contribution in [3.8, 4) is 27.9 Å². The maximum atomic E-state index is 6.95. The highest BCUT2D eigenvalue weighted by Crippen LogP contribution is 2.52. The molecule has 1 N–H and O–H groups in total. The number of hydrogen-bond acceptors (Lipinski definition) is 3. The molecular weight excluding hydrogens is 844 g/mol. The highest BCUT2D eigenvalue weighted by molar-refractivity contribution is 7.25. The predicted octanol–water partition coefficient (Wildman–Crippen LogP) is 16.4. The molecule has 331 valence electrons. The summed E-state index contributed by atoms with van der Waals surface area (Å²) < 4.78 is 12.2. The summed E-state index contributed by atoms with van der Waals surface area (Å²) in [5.41, 5.74) is 22.3. The average molecular weight is 898 g/mol. The molecule has 1 aliphatic heterocycles.